The van der Waals surface area contributed by atoms with Crippen molar-refractivity contribution in [3.63, 3.8) is 0 Å². The zero-order valence-corrected chi connectivity index (χ0v) is 14.3. The molecule has 0 N–H and O–H groups in total. The first kappa shape index (κ1) is 16.5. The third-order valence-corrected chi connectivity index (χ3v) is 5.63. The first-order chi connectivity index (χ1) is 11.2. The van der Waals surface area contributed by atoms with Crippen molar-refractivity contribution >= 4 is 5.91 Å². The number of hydrogen-bond acceptors (Lipinski definition) is 3. The Kier molecular flexibility index (Phi) is 5.02. The fourth-order valence-corrected chi connectivity index (χ4v) is 4.27. The van der Waals surface area contributed by atoms with Crippen LogP contribution in [0.25, 0.3) is 0 Å². The van der Waals surface area contributed by atoms with Gasteiger partial charge in [-0.05, 0) is 18.5 Å². The Labute approximate surface area is 139 Å². The molecule has 2 saturated heterocycles. The number of amides is 1. The van der Waals surface area contributed by atoms with Crippen molar-refractivity contribution in [1.29, 1.82) is 0 Å². The Morgan fingerprint density at radius 3 is 2.78 bits per heavy atom. The Morgan fingerprint density at radius 1 is 1.30 bits per heavy atom. The van der Waals surface area contributed by atoms with E-state index in [4.69, 9.17) is 4.74 Å². The summed E-state index contributed by atoms with van der Waals surface area (Å²) in [5, 5.41) is 0. The van der Waals surface area contributed by atoms with Crippen LogP contribution in [0.1, 0.15) is 18.9 Å². The monoisotopic (exact) mass is 316 g/mol. The summed E-state index contributed by atoms with van der Waals surface area (Å²) in [4.78, 5) is 17.2. The summed E-state index contributed by atoms with van der Waals surface area (Å²) < 4.78 is 5.47. The summed E-state index contributed by atoms with van der Waals surface area (Å²) in [7, 11) is 1.79. The number of likely N-dealkylation sites (tertiary alicyclic amines) is 2. The van der Waals surface area contributed by atoms with Gasteiger partial charge in [-0.2, -0.15) is 0 Å². The third kappa shape index (κ3) is 3.43. The van der Waals surface area contributed by atoms with Crippen molar-refractivity contribution in [3.05, 3.63) is 35.9 Å². The fraction of sp³-hybridized carbons (Fsp3) is 0.632. The molecule has 0 bridgehead atoms. The van der Waals surface area contributed by atoms with E-state index < -0.39 is 0 Å². The minimum absolute atomic E-state index is 0.234. The van der Waals surface area contributed by atoms with Crippen LogP contribution in [0.5, 0.6) is 0 Å². The van der Waals surface area contributed by atoms with Gasteiger partial charge >= 0.3 is 0 Å². The van der Waals surface area contributed by atoms with Crippen LogP contribution < -0.4 is 0 Å². The maximum atomic E-state index is 12.7. The molecule has 2 aliphatic rings. The van der Waals surface area contributed by atoms with Crippen molar-refractivity contribution < 1.29 is 9.53 Å². The summed E-state index contributed by atoms with van der Waals surface area (Å²) in [6.07, 6.45) is 1.63. The zero-order chi connectivity index (χ0) is 16.3. The third-order valence-electron chi connectivity index (χ3n) is 5.63. The van der Waals surface area contributed by atoms with Gasteiger partial charge < -0.3 is 14.5 Å². The molecule has 1 aromatic carbocycles. The maximum Gasteiger partial charge on any atom is 0.227 e. The second kappa shape index (κ2) is 7.02. The molecule has 4 heteroatoms. The van der Waals surface area contributed by atoms with E-state index in [0.29, 0.717) is 12.3 Å². The molecule has 0 saturated carbocycles. The second-order valence-electron chi connectivity index (χ2n) is 7.07. The first-order valence-electron chi connectivity index (χ1n) is 8.70. The number of benzene rings is 1. The maximum absolute atomic E-state index is 12.7. The predicted octanol–water partition coefficient (Wildman–Crippen LogP) is 2.05. The average Bonchev–Trinajstić information content (AvgIpc) is 3.14. The van der Waals surface area contributed by atoms with Gasteiger partial charge in [0.1, 0.15) is 0 Å². The molecule has 0 unspecified atom stereocenters. The van der Waals surface area contributed by atoms with Crippen molar-refractivity contribution in [3.8, 4) is 0 Å². The summed E-state index contributed by atoms with van der Waals surface area (Å²) in [6, 6.07) is 10.1. The van der Waals surface area contributed by atoms with Crippen LogP contribution in [0.4, 0.5) is 0 Å². The SMILES string of the molecule is CCN1C[C@H](COC)[C@]2(CCN(C(=O)Cc3ccccc3)C2)C1. The highest BCUT2D eigenvalue weighted by molar-refractivity contribution is 5.79. The van der Waals surface area contributed by atoms with E-state index in [1.807, 2.05) is 30.3 Å². The van der Waals surface area contributed by atoms with Crippen molar-refractivity contribution in [2.24, 2.45) is 11.3 Å². The number of carbonyl (C=O) groups excluding carboxylic acids is 1. The molecule has 2 atom stereocenters. The fourth-order valence-electron chi connectivity index (χ4n) is 4.27. The number of hydrogen-bond donors (Lipinski definition) is 0. The van der Waals surface area contributed by atoms with Gasteiger partial charge in [-0.3, -0.25) is 4.79 Å². The Hall–Kier alpha value is -1.39. The summed E-state index contributed by atoms with van der Waals surface area (Å²) >= 11 is 0. The lowest BCUT2D eigenvalue weighted by molar-refractivity contribution is -0.130. The lowest BCUT2D eigenvalue weighted by Crippen LogP contribution is -2.38. The highest BCUT2D eigenvalue weighted by atomic mass is 16.5. The molecule has 23 heavy (non-hydrogen) atoms. The molecular formula is C19H28N2O2. The Morgan fingerprint density at radius 2 is 2.09 bits per heavy atom. The van der Waals surface area contributed by atoms with E-state index in [1.54, 1.807) is 7.11 Å². The molecule has 2 heterocycles. The zero-order valence-electron chi connectivity index (χ0n) is 14.3. The summed E-state index contributed by atoms with van der Waals surface area (Å²) in [5.74, 6) is 0.807. The molecule has 1 amide bonds. The van der Waals surface area contributed by atoms with Gasteiger partial charge in [-0.25, -0.2) is 0 Å². The lowest BCUT2D eigenvalue weighted by atomic mass is 9.77. The molecule has 1 aromatic rings. The van der Waals surface area contributed by atoms with E-state index in [9.17, 15) is 4.79 Å². The smallest absolute Gasteiger partial charge is 0.227 e. The van der Waals surface area contributed by atoms with Crippen LogP contribution in [-0.2, 0) is 16.0 Å². The predicted molar refractivity (Wildman–Crippen MR) is 91.3 cm³/mol. The Bertz CT molecular complexity index is 533. The highest BCUT2D eigenvalue weighted by Gasteiger charge is 2.50. The van der Waals surface area contributed by atoms with E-state index in [-0.39, 0.29) is 11.3 Å². The lowest BCUT2D eigenvalue weighted by Gasteiger charge is -2.30. The minimum atomic E-state index is 0.234. The molecule has 0 aliphatic carbocycles. The number of ether oxygens (including phenoxy) is 1. The van der Waals surface area contributed by atoms with E-state index in [0.717, 1.165) is 51.3 Å². The van der Waals surface area contributed by atoms with Gasteiger partial charge in [-0.15, -0.1) is 0 Å². The minimum Gasteiger partial charge on any atom is -0.384 e. The van der Waals surface area contributed by atoms with Gasteiger partial charge in [0.2, 0.25) is 5.91 Å². The standard InChI is InChI=1S/C19H28N2O2/c1-3-20-12-17(13-23-2)19(14-20)9-10-21(15-19)18(22)11-16-7-5-4-6-8-16/h4-8,17H,3,9-15H2,1-2H3/t17-,19-/m1/s1. The van der Waals surface area contributed by atoms with Crippen LogP contribution >= 0.6 is 0 Å². The number of nitrogens with zero attached hydrogens (tertiary/aromatic N) is 2. The largest absolute Gasteiger partial charge is 0.384 e. The molecule has 0 aromatic heterocycles. The molecular weight excluding hydrogens is 288 g/mol. The van der Waals surface area contributed by atoms with Gasteiger partial charge in [0, 0.05) is 44.6 Å². The van der Waals surface area contributed by atoms with Crippen molar-refractivity contribution in [2.75, 3.05) is 46.4 Å². The Balaban J connectivity index is 1.65. The van der Waals surface area contributed by atoms with Gasteiger partial charge in [0.05, 0.1) is 13.0 Å². The highest BCUT2D eigenvalue weighted by Crippen LogP contribution is 2.44. The first-order valence-corrected chi connectivity index (χ1v) is 8.70. The average molecular weight is 316 g/mol. The number of rotatable bonds is 5. The van der Waals surface area contributed by atoms with Crippen LogP contribution in [0, 0.1) is 11.3 Å². The second-order valence-corrected chi connectivity index (χ2v) is 7.07. The summed E-state index contributed by atoms with van der Waals surface area (Å²) in [5.41, 5.74) is 1.34. The van der Waals surface area contributed by atoms with Gasteiger partial charge in [-0.1, -0.05) is 37.3 Å². The molecule has 2 aliphatic heterocycles. The van der Waals surface area contributed by atoms with Crippen molar-refractivity contribution in [1.82, 2.24) is 9.80 Å². The van der Waals surface area contributed by atoms with E-state index in [1.165, 1.54) is 0 Å². The van der Waals surface area contributed by atoms with Gasteiger partial charge in [0.15, 0.2) is 0 Å². The van der Waals surface area contributed by atoms with Crippen LogP contribution in [0.3, 0.4) is 0 Å². The molecule has 2 fully saturated rings. The quantitative estimate of drug-likeness (QED) is 0.833. The van der Waals surface area contributed by atoms with Crippen LogP contribution in [0.2, 0.25) is 0 Å². The molecule has 1 spiro atoms. The van der Waals surface area contributed by atoms with E-state index in [2.05, 4.69) is 16.7 Å². The van der Waals surface area contributed by atoms with E-state index >= 15 is 0 Å². The topological polar surface area (TPSA) is 32.8 Å². The summed E-state index contributed by atoms with van der Waals surface area (Å²) in [6.45, 7) is 8.09. The van der Waals surface area contributed by atoms with Crippen LogP contribution in [-0.4, -0.2) is 62.1 Å². The molecule has 0 radical (unpaired) electrons. The number of carbonyl (C=O) groups is 1. The van der Waals surface area contributed by atoms with Crippen molar-refractivity contribution in [2.45, 2.75) is 19.8 Å². The molecule has 4 nitrogen and oxygen atoms in total. The molecule has 126 valence electrons. The number of methoxy groups -OCH3 is 1. The molecule has 3 rings (SSSR count). The normalized spacial score (nSPS) is 27.9. The van der Waals surface area contributed by atoms with Crippen LogP contribution in [0.15, 0.2) is 30.3 Å². The van der Waals surface area contributed by atoms with Gasteiger partial charge in [0.25, 0.3) is 0 Å².